The molecule has 0 fully saturated rings. The second-order valence-corrected chi connectivity index (χ2v) is 3.98. The van der Waals surface area contributed by atoms with E-state index in [-0.39, 0.29) is 12.2 Å². The number of carboxylic acids is 1. The number of benzene rings is 1. The molecule has 0 amide bonds. The molecule has 5 heteroatoms. The number of hydrogen-bond donors (Lipinski definition) is 2. The third kappa shape index (κ3) is 3.53. The molecular weight excluding hydrogens is 246 g/mol. The van der Waals surface area contributed by atoms with Gasteiger partial charge in [0.25, 0.3) is 0 Å². The van der Waals surface area contributed by atoms with Gasteiger partial charge in [0.2, 0.25) is 0 Å². The number of hydrogen-bond acceptors (Lipinski definition) is 4. The molecule has 0 unspecified atom stereocenters. The lowest BCUT2D eigenvalue weighted by molar-refractivity contribution is 0.0696. The minimum absolute atomic E-state index is 0.00567. The molecule has 0 bridgehead atoms. The maximum atomic E-state index is 10.8. The molecule has 2 rings (SSSR count). The van der Waals surface area contributed by atoms with E-state index < -0.39 is 5.97 Å². The molecular formula is C14H13NO4. The van der Waals surface area contributed by atoms with Crippen LogP contribution >= 0.6 is 0 Å². The number of aromatic nitrogens is 1. The van der Waals surface area contributed by atoms with Crippen LogP contribution in [0.4, 0.5) is 0 Å². The minimum atomic E-state index is -1.04. The molecule has 0 radical (unpaired) electrons. The van der Waals surface area contributed by atoms with E-state index in [1.807, 2.05) is 24.3 Å². The molecule has 0 aliphatic carbocycles. The SMILES string of the molecule is O=C(O)c1cncc(OCc2ccc(CO)cc2)c1. The Hall–Kier alpha value is -2.40. The van der Waals surface area contributed by atoms with E-state index in [2.05, 4.69) is 4.98 Å². The van der Waals surface area contributed by atoms with E-state index in [1.54, 1.807) is 0 Å². The van der Waals surface area contributed by atoms with Crippen molar-refractivity contribution in [1.82, 2.24) is 4.98 Å². The summed E-state index contributed by atoms with van der Waals surface area (Å²) >= 11 is 0. The molecule has 0 aliphatic rings. The molecule has 0 spiro atoms. The lowest BCUT2D eigenvalue weighted by Crippen LogP contribution is -2.00. The number of carbonyl (C=O) groups is 1. The van der Waals surface area contributed by atoms with Gasteiger partial charge in [0.15, 0.2) is 0 Å². The number of pyridine rings is 1. The molecule has 98 valence electrons. The maximum Gasteiger partial charge on any atom is 0.337 e. The molecule has 5 nitrogen and oxygen atoms in total. The summed E-state index contributed by atoms with van der Waals surface area (Å²) in [5.74, 6) is -0.628. The highest BCUT2D eigenvalue weighted by Crippen LogP contribution is 2.14. The van der Waals surface area contributed by atoms with Crippen molar-refractivity contribution in [2.45, 2.75) is 13.2 Å². The Bertz CT molecular complexity index is 566. The van der Waals surface area contributed by atoms with Crippen molar-refractivity contribution in [1.29, 1.82) is 0 Å². The van der Waals surface area contributed by atoms with Crippen LogP contribution < -0.4 is 4.74 Å². The van der Waals surface area contributed by atoms with Gasteiger partial charge in [0.05, 0.1) is 18.4 Å². The summed E-state index contributed by atoms with van der Waals surface area (Å²) in [5.41, 5.74) is 1.85. The fourth-order valence-electron chi connectivity index (χ4n) is 1.52. The van der Waals surface area contributed by atoms with Gasteiger partial charge in [-0.3, -0.25) is 4.98 Å². The first kappa shape index (κ1) is 13.0. The van der Waals surface area contributed by atoms with Crippen molar-refractivity contribution in [3.05, 3.63) is 59.4 Å². The van der Waals surface area contributed by atoms with Crippen LogP contribution in [0, 0.1) is 0 Å². The highest BCUT2D eigenvalue weighted by atomic mass is 16.5. The van der Waals surface area contributed by atoms with Gasteiger partial charge < -0.3 is 14.9 Å². The van der Waals surface area contributed by atoms with E-state index >= 15 is 0 Å². The molecule has 0 aliphatic heterocycles. The van der Waals surface area contributed by atoms with Crippen molar-refractivity contribution in [3.8, 4) is 5.75 Å². The van der Waals surface area contributed by atoms with Crippen molar-refractivity contribution < 1.29 is 19.7 Å². The van der Waals surface area contributed by atoms with Crippen LogP contribution in [0.25, 0.3) is 0 Å². The summed E-state index contributed by atoms with van der Waals surface area (Å²) in [6, 6.07) is 8.74. The molecule has 0 saturated carbocycles. The van der Waals surface area contributed by atoms with Gasteiger partial charge in [0.1, 0.15) is 12.4 Å². The smallest absolute Gasteiger partial charge is 0.337 e. The number of aliphatic hydroxyl groups is 1. The quantitative estimate of drug-likeness (QED) is 0.856. The van der Waals surface area contributed by atoms with Crippen molar-refractivity contribution >= 4 is 5.97 Å². The first-order valence-electron chi connectivity index (χ1n) is 5.69. The average Bonchev–Trinajstić information content (AvgIpc) is 2.46. The number of nitrogens with zero attached hydrogens (tertiary/aromatic N) is 1. The molecule has 19 heavy (non-hydrogen) atoms. The molecule has 1 aromatic heterocycles. The van der Waals surface area contributed by atoms with Crippen LogP contribution in [0.3, 0.4) is 0 Å². The minimum Gasteiger partial charge on any atom is -0.487 e. The Morgan fingerprint density at radius 1 is 1.16 bits per heavy atom. The zero-order valence-electron chi connectivity index (χ0n) is 10.1. The lowest BCUT2D eigenvalue weighted by atomic mass is 10.1. The first-order chi connectivity index (χ1) is 9.19. The number of ether oxygens (including phenoxy) is 1. The van der Waals surface area contributed by atoms with E-state index in [4.69, 9.17) is 14.9 Å². The van der Waals surface area contributed by atoms with E-state index in [0.29, 0.717) is 12.4 Å². The first-order valence-corrected chi connectivity index (χ1v) is 5.69. The Labute approximate surface area is 110 Å². The molecule has 1 heterocycles. The zero-order valence-corrected chi connectivity index (χ0v) is 10.1. The predicted molar refractivity (Wildman–Crippen MR) is 67.9 cm³/mol. The number of aromatic carboxylic acids is 1. The normalized spacial score (nSPS) is 10.2. The summed E-state index contributed by atoms with van der Waals surface area (Å²) in [5, 5.41) is 17.8. The van der Waals surface area contributed by atoms with Gasteiger partial charge >= 0.3 is 5.97 Å². The Morgan fingerprint density at radius 2 is 1.84 bits per heavy atom. The summed E-state index contributed by atoms with van der Waals surface area (Å²) in [7, 11) is 0. The van der Waals surface area contributed by atoms with Gasteiger partial charge in [-0.15, -0.1) is 0 Å². The molecule has 2 aromatic rings. The highest BCUT2D eigenvalue weighted by Gasteiger charge is 2.05. The predicted octanol–water partition coefficient (Wildman–Crippen LogP) is 1.85. The summed E-state index contributed by atoms with van der Waals surface area (Å²) in [6.07, 6.45) is 2.74. The van der Waals surface area contributed by atoms with Gasteiger partial charge in [-0.05, 0) is 17.2 Å². The third-order valence-electron chi connectivity index (χ3n) is 2.57. The van der Waals surface area contributed by atoms with Crippen LogP contribution in [-0.2, 0) is 13.2 Å². The topological polar surface area (TPSA) is 79.7 Å². The number of aliphatic hydroxyl groups excluding tert-OH is 1. The standard InChI is InChI=1S/C14H13NO4/c16-8-10-1-3-11(4-2-10)9-19-13-5-12(14(17)18)6-15-7-13/h1-7,16H,8-9H2,(H,17,18). The monoisotopic (exact) mass is 259 g/mol. The number of rotatable bonds is 5. The second kappa shape index (κ2) is 5.97. The van der Waals surface area contributed by atoms with E-state index in [0.717, 1.165) is 11.1 Å². The Balaban J connectivity index is 2.01. The third-order valence-corrected chi connectivity index (χ3v) is 2.57. The highest BCUT2D eigenvalue weighted by molar-refractivity contribution is 5.87. The van der Waals surface area contributed by atoms with Gasteiger partial charge in [-0.1, -0.05) is 24.3 Å². The maximum absolute atomic E-state index is 10.8. The molecule has 1 aromatic carbocycles. The van der Waals surface area contributed by atoms with Crippen LogP contribution in [0.1, 0.15) is 21.5 Å². The van der Waals surface area contributed by atoms with Crippen LogP contribution in [0.15, 0.2) is 42.7 Å². The molecule has 0 saturated heterocycles. The summed E-state index contributed by atoms with van der Waals surface area (Å²) in [6.45, 7) is 0.322. The zero-order chi connectivity index (χ0) is 13.7. The summed E-state index contributed by atoms with van der Waals surface area (Å²) < 4.78 is 5.47. The van der Waals surface area contributed by atoms with Crippen molar-refractivity contribution in [2.75, 3.05) is 0 Å². The van der Waals surface area contributed by atoms with Crippen LogP contribution in [0.5, 0.6) is 5.75 Å². The van der Waals surface area contributed by atoms with Gasteiger partial charge in [0, 0.05) is 6.20 Å². The Morgan fingerprint density at radius 3 is 2.47 bits per heavy atom. The largest absolute Gasteiger partial charge is 0.487 e. The molecule has 2 N–H and O–H groups in total. The van der Waals surface area contributed by atoms with Crippen molar-refractivity contribution in [2.24, 2.45) is 0 Å². The second-order valence-electron chi connectivity index (χ2n) is 3.98. The molecule has 0 atom stereocenters. The van der Waals surface area contributed by atoms with E-state index in [1.165, 1.54) is 18.5 Å². The summed E-state index contributed by atoms with van der Waals surface area (Å²) in [4.78, 5) is 14.6. The number of carboxylic acid groups (broad SMARTS) is 1. The Kier molecular flexibility index (Phi) is 4.10. The van der Waals surface area contributed by atoms with Crippen LogP contribution in [0.2, 0.25) is 0 Å². The van der Waals surface area contributed by atoms with Crippen molar-refractivity contribution in [3.63, 3.8) is 0 Å². The average molecular weight is 259 g/mol. The van der Waals surface area contributed by atoms with Crippen LogP contribution in [-0.4, -0.2) is 21.2 Å². The van der Waals surface area contributed by atoms with Gasteiger partial charge in [-0.25, -0.2) is 4.79 Å². The van der Waals surface area contributed by atoms with E-state index in [9.17, 15) is 4.79 Å². The lowest BCUT2D eigenvalue weighted by Gasteiger charge is -2.07. The van der Waals surface area contributed by atoms with Gasteiger partial charge in [-0.2, -0.15) is 0 Å². The fourth-order valence-corrected chi connectivity index (χ4v) is 1.52. The fraction of sp³-hybridized carbons (Fsp3) is 0.143.